The molecule has 5 atom stereocenters. The van der Waals surface area contributed by atoms with E-state index in [2.05, 4.69) is 35.9 Å². The van der Waals surface area contributed by atoms with Crippen LogP contribution in [-0.2, 0) is 25.6 Å². The Hall–Kier alpha value is -4.41. The highest BCUT2D eigenvalue weighted by molar-refractivity contribution is 5.94. The number of nitrogens with two attached hydrogens (primary N) is 5. The summed E-state index contributed by atoms with van der Waals surface area (Å²) >= 11 is 0. The Morgan fingerprint density at radius 3 is 1.88 bits per heavy atom. The van der Waals surface area contributed by atoms with Gasteiger partial charge in [-0.2, -0.15) is 0 Å². The van der Waals surface area contributed by atoms with E-state index in [1.807, 2.05) is 0 Å². The molecule has 1 heterocycles. The zero-order chi connectivity index (χ0) is 30.9. The van der Waals surface area contributed by atoms with Gasteiger partial charge < -0.3 is 54.7 Å². The number of carboxylic acids is 1. The molecule has 41 heavy (non-hydrogen) atoms. The van der Waals surface area contributed by atoms with E-state index in [1.54, 1.807) is 13.8 Å². The van der Waals surface area contributed by atoms with Crippen LogP contribution in [0.15, 0.2) is 22.5 Å². The number of nitrogens with zero attached hydrogens (tertiary/aromatic N) is 3. The molecule has 1 rings (SSSR count). The largest absolute Gasteiger partial charge is 0.480 e. The fraction of sp³-hybridized carbons (Fsp3) is 0.625. The Balaban J connectivity index is 3.09. The highest BCUT2D eigenvalue weighted by Crippen LogP contribution is 2.10. The first kappa shape index (κ1) is 34.6. The summed E-state index contributed by atoms with van der Waals surface area (Å²) in [6, 6.07) is -4.39. The SMILES string of the molecule is CCC(C)C(NC(=O)C(CCCN=C(N)N)NC(=O)C(CCCN=C(N)N)NC(=O)C(N)Cc1cnc[nH]1)C(=O)O. The number of guanidine groups is 2. The molecule has 17 nitrogen and oxygen atoms in total. The van der Waals surface area contributed by atoms with E-state index >= 15 is 0 Å². The predicted octanol–water partition coefficient (Wildman–Crippen LogP) is -3.03. The lowest BCUT2D eigenvalue weighted by Gasteiger charge is -2.26. The quantitative estimate of drug-likeness (QED) is 0.0445. The second-order valence-corrected chi connectivity index (χ2v) is 9.62. The molecule has 0 saturated heterocycles. The third-order valence-electron chi connectivity index (χ3n) is 6.26. The normalized spacial score (nSPS) is 14.4. The number of aliphatic carboxylic acids is 1. The number of amides is 3. The predicted molar refractivity (Wildman–Crippen MR) is 153 cm³/mol. The number of carboxylic acid groups (broad SMARTS) is 1. The summed E-state index contributed by atoms with van der Waals surface area (Å²) in [4.78, 5) is 65.7. The number of hydrogen-bond acceptors (Lipinski definition) is 8. The van der Waals surface area contributed by atoms with Gasteiger partial charge in [-0.1, -0.05) is 20.3 Å². The number of rotatable bonds is 19. The van der Waals surface area contributed by atoms with Crippen LogP contribution < -0.4 is 44.6 Å². The Labute approximate surface area is 238 Å². The smallest absolute Gasteiger partial charge is 0.326 e. The monoisotopic (exact) mass is 580 g/mol. The van der Waals surface area contributed by atoms with E-state index in [-0.39, 0.29) is 50.2 Å². The van der Waals surface area contributed by atoms with Crippen molar-refractivity contribution in [2.45, 2.75) is 76.5 Å². The summed E-state index contributed by atoms with van der Waals surface area (Å²) in [6.07, 6.45) is 4.47. The fourth-order valence-electron chi connectivity index (χ4n) is 3.76. The van der Waals surface area contributed by atoms with Crippen molar-refractivity contribution in [2.75, 3.05) is 13.1 Å². The third-order valence-corrected chi connectivity index (χ3v) is 6.26. The summed E-state index contributed by atoms with van der Waals surface area (Å²) in [5.41, 5.74) is 28.1. The van der Waals surface area contributed by atoms with E-state index in [0.29, 0.717) is 25.0 Å². The van der Waals surface area contributed by atoms with Gasteiger partial charge in [0.2, 0.25) is 17.7 Å². The number of hydrogen-bond donors (Lipinski definition) is 10. The number of aromatic nitrogens is 2. The molecule has 230 valence electrons. The molecule has 0 spiro atoms. The first-order valence-corrected chi connectivity index (χ1v) is 13.3. The minimum atomic E-state index is -1.20. The first-order chi connectivity index (χ1) is 19.3. The molecular formula is C24H44N12O5. The van der Waals surface area contributed by atoms with Gasteiger partial charge in [0.05, 0.1) is 12.4 Å². The lowest BCUT2D eigenvalue weighted by Crippen LogP contribution is -2.57. The second-order valence-electron chi connectivity index (χ2n) is 9.62. The van der Waals surface area contributed by atoms with Crippen molar-refractivity contribution in [1.82, 2.24) is 25.9 Å². The van der Waals surface area contributed by atoms with Crippen molar-refractivity contribution in [3.63, 3.8) is 0 Å². The molecule has 0 aliphatic rings. The van der Waals surface area contributed by atoms with E-state index < -0.39 is 47.9 Å². The molecule has 1 aromatic rings. The number of carbonyl (C=O) groups is 4. The third kappa shape index (κ3) is 13.5. The Bertz CT molecular complexity index is 1040. The average Bonchev–Trinajstić information content (AvgIpc) is 3.42. The molecule has 0 radical (unpaired) electrons. The van der Waals surface area contributed by atoms with E-state index in [1.165, 1.54) is 12.5 Å². The number of aromatic amines is 1. The maximum absolute atomic E-state index is 13.4. The maximum atomic E-state index is 13.4. The van der Waals surface area contributed by atoms with Gasteiger partial charge in [-0.3, -0.25) is 24.4 Å². The van der Waals surface area contributed by atoms with Crippen LogP contribution in [0.25, 0.3) is 0 Å². The zero-order valence-corrected chi connectivity index (χ0v) is 23.5. The number of nitrogens with one attached hydrogen (secondary N) is 4. The summed E-state index contributed by atoms with van der Waals surface area (Å²) in [7, 11) is 0. The Morgan fingerprint density at radius 2 is 1.44 bits per heavy atom. The first-order valence-electron chi connectivity index (χ1n) is 13.3. The highest BCUT2D eigenvalue weighted by atomic mass is 16.4. The molecule has 5 unspecified atom stereocenters. The van der Waals surface area contributed by atoms with Gasteiger partial charge in [0, 0.05) is 31.4 Å². The van der Waals surface area contributed by atoms with Crippen LogP contribution >= 0.6 is 0 Å². The van der Waals surface area contributed by atoms with Crippen molar-refractivity contribution in [3.05, 3.63) is 18.2 Å². The van der Waals surface area contributed by atoms with Gasteiger partial charge in [-0.05, 0) is 31.6 Å². The molecule has 0 aliphatic heterocycles. The number of imidazole rings is 1. The van der Waals surface area contributed by atoms with Gasteiger partial charge >= 0.3 is 5.97 Å². The van der Waals surface area contributed by atoms with Gasteiger partial charge in [0.25, 0.3) is 0 Å². The van der Waals surface area contributed by atoms with Crippen molar-refractivity contribution >= 4 is 35.6 Å². The molecule has 3 amide bonds. The van der Waals surface area contributed by atoms with Crippen LogP contribution in [0.5, 0.6) is 0 Å². The molecule has 0 aromatic carbocycles. The van der Waals surface area contributed by atoms with Crippen molar-refractivity contribution in [3.8, 4) is 0 Å². The van der Waals surface area contributed by atoms with Crippen molar-refractivity contribution in [2.24, 2.45) is 44.6 Å². The van der Waals surface area contributed by atoms with Gasteiger partial charge in [0.15, 0.2) is 11.9 Å². The van der Waals surface area contributed by atoms with Crippen LogP contribution in [0.1, 0.15) is 51.6 Å². The molecule has 0 bridgehead atoms. The maximum Gasteiger partial charge on any atom is 0.326 e. The molecular weight excluding hydrogens is 536 g/mol. The van der Waals surface area contributed by atoms with Gasteiger partial charge in [-0.25, -0.2) is 9.78 Å². The summed E-state index contributed by atoms with van der Waals surface area (Å²) in [6.45, 7) is 3.87. The van der Waals surface area contributed by atoms with Gasteiger partial charge in [-0.15, -0.1) is 0 Å². The topological polar surface area (TPSA) is 308 Å². The zero-order valence-electron chi connectivity index (χ0n) is 23.5. The number of aliphatic imine (C=N–C) groups is 2. The molecule has 17 heteroatoms. The van der Waals surface area contributed by atoms with Crippen LogP contribution in [0, 0.1) is 5.92 Å². The minimum Gasteiger partial charge on any atom is -0.480 e. The van der Waals surface area contributed by atoms with E-state index in [0.717, 1.165) is 0 Å². The Kier molecular flexibility index (Phi) is 15.2. The van der Waals surface area contributed by atoms with Crippen LogP contribution in [-0.4, -0.2) is 87.9 Å². The second kappa shape index (κ2) is 18.0. The molecule has 0 fully saturated rings. The number of carbonyl (C=O) groups excluding carboxylic acids is 3. The summed E-state index contributed by atoms with van der Waals surface area (Å²) in [5, 5.41) is 17.4. The molecule has 15 N–H and O–H groups in total. The van der Waals surface area contributed by atoms with Crippen molar-refractivity contribution < 1.29 is 24.3 Å². The standard InChI is InChI=1S/C24H44N12O5/c1-3-13(2)18(22(40)41)36-21(39)17(7-5-9-32-24(28)29)35-20(38)16(6-4-8-31-23(26)27)34-19(37)15(25)10-14-11-30-12-33-14/h11-13,15-18H,3-10,25H2,1-2H3,(H,30,33)(H,34,37)(H,35,38)(H,36,39)(H,40,41)(H4,26,27,31)(H4,28,29,32). The number of H-pyrrole nitrogens is 1. The lowest BCUT2D eigenvalue weighted by atomic mass is 9.98. The molecule has 0 saturated carbocycles. The summed E-state index contributed by atoms with van der Waals surface area (Å²) in [5.74, 6) is -3.79. The van der Waals surface area contributed by atoms with E-state index in [9.17, 15) is 24.3 Å². The Morgan fingerprint density at radius 1 is 0.927 bits per heavy atom. The highest BCUT2D eigenvalue weighted by Gasteiger charge is 2.31. The van der Waals surface area contributed by atoms with Crippen molar-refractivity contribution in [1.29, 1.82) is 0 Å². The minimum absolute atomic E-state index is 0.0925. The summed E-state index contributed by atoms with van der Waals surface area (Å²) < 4.78 is 0. The van der Waals surface area contributed by atoms with Crippen LogP contribution in [0.3, 0.4) is 0 Å². The fourth-order valence-corrected chi connectivity index (χ4v) is 3.76. The average molecular weight is 581 g/mol. The van der Waals surface area contributed by atoms with Crippen LogP contribution in [0.4, 0.5) is 0 Å². The van der Waals surface area contributed by atoms with Gasteiger partial charge in [0.1, 0.15) is 18.1 Å². The molecule has 0 aliphatic carbocycles. The van der Waals surface area contributed by atoms with E-state index in [4.69, 9.17) is 28.7 Å². The molecule has 1 aromatic heterocycles. The lowest BCUT2D eigenvalue weighted by molar-refractivity contribution is -0.144. The van der Waals surface area contributed by atoms with Crippen LogP contribution in [0.2, 0.25) is 0 Å².